The fourth-order valence-electron chi connectivity index (χ4n) is 3.21. The van der Waals surface area contributed by atoms with Gasteiger partial charge >= 0.3 is 0 Å². The Morgan fingerprint density at radius 3 is 2.69 bits per heavy atom. The van der Waals surface area contributed by atoms with Gasteiger partial charge in [-0.1, -0.05) is 19.1 Å². The van der Waals surface area contributed by atoms with E-state index in [1.165, 1.54) is 18.3 Å². The van der Waals surface area contributed by atoms with Gasteiger partial charge in [-0.3, -0.25) is 4.79 Å². The maximum Gasteiger partial charge on any atom is 0.271 e. The summed E-state index contributed by atoms with van der Waals surface area (Å²) in [6.45, 7) is 3.95. The van der Waals surface area contributed by atoms with Crippen molar-refractivity contribution >= 4 is 11.7 Å². The first-order valence-corrected chi connectivity index (χ1v) is 8.77. The lowest BCUT2D eigenvalue weighted by Gasteiger charge is -2.20. The molecule has 2 heterocycles. The number of nitrogens with zero attached hydrogens (tertiary/aromatic N) is 3. The number of nitrogens with one attached hydrogen (secondary N) is 2. The van der Waals surface area contributed by atoms with Gasteiger partial charge in [-0.25, -0.2) is 14.4 Å². The Bertz CT molecular complexity index is 780. The molecule has 1 aromatic heterocycles. The van der Waals surface area contributed by atoms with Crippen molar-refractivity contribution in [2.24, 2.45) is 0 Å². The SMILES string of the molecule is CNC(=O)c1cnc(N[C@@H]2CCN(C)C2)c([C@@H](C)c2ccc(F)cc2)n1. The van der Waals surface area contributed by atoms with Crippen LogP contribution in [-0.2, 0) is 0 Å². The molecule has 0 bridgehead atoms. The molecule has 7 heteroatoms. The molecule has 1 aromatic carbocycles. The maximum atomic E-state index is 13.3. The van der Waals surface area contributed by atoms with Crippen molar-refractivity contribution in [1.29, 1.82) is 0 Å². The maximum absolute atomic E-state index is 13.3. The molecule has 0 radical (unpaired) electrons. The summed E-state index contributed by atoms with van der Waals surface area (Å²) in [6.07, 6.45) is 2.51. The van der Waals surface area contributed by atoms with E-state index in [1.807, 2.05) is 6.92 Å². The highest BCUT2D eigenvalue weighted by Gasteiger charge is 2.24. The first-order valence-electron chi connectivity index (χ1n) is 8.77. The van der Waals surface area contributed by atoms with Gasteiger partial charge < -0.3 is 15.5 Å². The molecule has 1 amide bonds. The zero-order valence-electron chi connectivity index (χ0n) is 15.3. The molecule has 6 nitrogen and oxygen atoms in total. The number of hydrogen-bond donors (Lipinski definition) is 2. The monoisotopic (exact) mass is 357 g/mol. The summed E-state index contributed by atoms with van der Waals surface area (Å²) in [7, 11) is 3.65. The molecule has 0 saturated carbocycles. The van der Waals surface area contributed by atoms with Crippen molar-refractivity contribution in [1.82, 2.24) is 20.2 Å². The Kier molecular flexibility index (Phi) is 5.46. The van der Waals surface area contributed by atoms with Gasteiger partial charge in [0.05, 0.1) is 11.9 Å². The molecule has 1 aliphatic heterocycles. The average molecular weight is 357 g/mol. The number of hydrogen-bond acceptors (Lipinski definition) is 5. The molecule has 1 fully saturated rings. The van der Waals surface area contributed by atoms with Crippen molar-refractivity contribution in [3.8, 4) is 0 Å². The average Bonchev–Trinajstić information content (AvgIpc) is 3.06. The van der Waals surface area contributed by atoms with Gasteiger partial charge in [0.1, 0.15) is 17.3 Å². The van der Waals surface area contributed by atoms with Crippen LogP contribution in [0.1, 0.15) is 41.0 Å². The van der Waals surface area contributed by atoms with Crippen LogP contribution >= 0.6 is 0 Å². The predicted octanol–water partition coefficient (Wildman–Crippen LogP) is 2.24. The van der Waals surface area contributed by atoms with Gasteiger partial charge in [-0.2, -0.15) is 0 Å². The van der Waals surface area contributed by atoms with Crippen LogP contribution in [-0.4, -0.2) is 54.0 Å². The fourth-order valence-corrected chi connectivity index (χ4v) is 3.21. The van der Waals surface area contributed by atoms with Crippen LogP contribution < -0.4 is 10.6 Å². The largest absolute Gasteiger partial charge is 0.364 e. The van der Waals surface area contributed by atoms with Crippen molar-refractivity contribution < 1.29 is 9.18 Å². The predicted molar refractivity (Wildman–Crippen MR) is 98.9 cm³/mol. The molecule has 1 aliphatic rings. The highest BCUT2D eigenvalue weighted by molar-refractivity contribution is 5.92. The van der Waals surface area contributed by atoms with E-state index in [9.17, 15) is 9.18 Å². The second-order valence-corrected chi connectivity index (χ2v) is 6.73. The minimum atomic E-state index is -0.280. The summed E-state index contributed by atoms with van der Waals surface area (Å²) in [5, 5.41) is 6.04. The Morgan fingerprint density at radius 2 is 2.08 bits per heavy atom. The zero-order chi connectivity index (χ0) is 18.7. The summed E-state index contributed by atoms with van der Waals surface area (Å²) in [5.41, 5.74) is 1.87. The molecule has 0 unspecified atom stereocenters. The number of anilines is 1. The van der Waals surface area contributed by atoms with Gasteiger partial charge in [0, 0.05) is 25.6 Å². The number of likely N-dealkylation sites (N-methyl/N-ethyl adjacent to an activating group) is 1. The summed E-state index contributed by atoms with van der Waals surface area (Å²) in [4.78, 5) is 23.3. The van der Waals surface area contributed by atoms with Gasteiger partial charge in [-0.15, -0.1) is 0 Å². The van der Waals surface area contributed by atoms with E-state index in [1.54, 1.807) is 19.2 Å². The van der Waals surface area contributed by atoms with Crippen LogP contribution in [0, 0.1) is 5.82 Å². The van der Waals surface area contributed by atoms with Crippen LogP contribution in [0.25, 0.3) is 0 Å². The van der Waals surface area contributed by atoms with Crippen LogP contribution in [0.5, 0.6) is 0 Å². The third-order valence-corrected chi connectivity index (χ3v) is 4.77. The summed E-state index contributed by atoms with van der Waals surface area (Å²) in [5.74, 6) is -0.0141. The molecule has 0 spiro atoms. The lowest BCUT2D eigenvalue weighted by molar-refractivity contribution is 0.0957. The molecule has 3 rings (SSSR count). The molecule has 2 aromatic rings. The Morgan fingerprint density at radius 1 is 1.35 bits per heavy atom. The fraction of sp³-hybridized carbons (Fsp3) is 0.421. The van der Waals surface area contributed by atoms with E-state index < -0.39 is 0 Å². The first kappa shape index (κ1) is 18.3. The standard InChI is InChI=1S/C19H24FN5O/c1-12(13-4-6-14(20)7-5-13)17-18(23-15-8-9-25(3)11-15)22-10-16(24-17)19(26)21-2/h4-7,10,12,15H,8-9,11H2,1-3H3,(H,21,26)(H,22,23)/t12-,15+/m0/s1. The van der Waals surface area contributed by atoms with E-state index >= 15 is 0 Å². The lowest BCUT2D eigenvalue weighted by Crippen LogP contribution is -2.26. The third kappa shape index (κ3) is 3.99. The van der Waals surface area contributed by atoms with E-state index in [4.69, 9.17) is 0 Å². The second-order valence-electron chi connectivity index (χ2n) is 6.73. The van der Waals surface area contributed by atoms with Gasteiger partial charge in [0.25, 0.3) is 5.91 Å². The molecule has 0 aliphatic carbocycles. The van der Waals surface area contributed by atoms with Crippen molar-refractivity contribution in [3.05, 3.63) is 53.2 Å². The summed E-state index contributed by atoms with van der Waals surface area (Å²) < 4.78 is 13.3. The Hall–Kier alpha value is -2.54. The molecule has 26 heavy (non-hydrogen) atoms. The quantitative estimate of drug-likeness (QED) is 0.859. The second kappa shape index (κ2) is 7.78. The van der Waals surface area contributed by atoms with Crippen molar-refractivity contribution in [2.45, 2.75) is 25.3 Å². The van der Waals surface area contributed by atoms with Gasteiger partial charge in [0.2, 0.25) is 0 Å². The number of likely N-dealkylation sites (tertiary alicyclic amines) is 1. The molecular formula is C19H24FN5O. The minimum Gasteiger partial charge on any atom is -0.364 e. The zero-order valence-corrected chi connectivity index (χ0v) is 15.3. The normalized spacial score (nSPS) is 18.5. The third-order valence-electron chi connectivity index (χ3n) is 4.77. The molecule has 138 valence electrons. The Balaban J connectivity index is 1.95. The number of halogens is 1. The van der Waals surface area contributed by atoms with Crippen molar-refractivity contribution in [3.63, 3.8) is 0 Å². The molecule has 1 saturated heterocycles. The topological polar surface area (TPSA) is 70.2 Å². The van der Waals surface area contributed by atoms with Gasteiger partial charge in [0.15, 0.2) is 0 Å². The number of rotatable bonds is 5. The number of aromatic nitrogens is 2. The van der Waals surface area contributed by atoms with E-state index in [0.29, 0.717) is 17.6 Å². The summed E-state index contributed by atoms with van der Waals surface area (Å²) in [6, 6.07) is 6.63. The van der Waals surface area contributed by atoms with Crippen molar-refractivity contribution in [2.75, 3.05) is 32.5 Å². The number of benzene rings is 1. The lowest BCUT2D eigenvalue weighted by atomic mass is 9.97. The highest BCUT2D eigenvalue weighted by Crippen LogP contribution is 2.28. The minimum absolute atomic E-state index is 0.130. The molecular weight excluding hydrogens is 333 g/mol. The highest BCUT2D eigenvalue weighted by atomic mass is 19.1. The van der Waals surface area contributed by atoms with Crippen LogP contribution in [0.3, 0.4) is 0 Å². The number of amides is 1. The summed E-state index contributed by atoms with van der Waals surface area (Å²) >= 11 is 0. The number of carbonyl (C=O) groups is 1. The van der Waals surface area contributed by atoms with Gasteiger partial charge in [-0.05, 0) is 37.7 Å². The number of carbonyl (C=O) groups excluding carboxylic acids is 1. The van der Waals surface area contributed by atoms with E-state index in [0.717, 1.165) is 25.1 Å². The Labute approximate surface area is 152 Å². The first-order chi connectivity index (χ1) is 12.5. The van der Waals surface area contributed by atoms with E-state index in [-0.39, 0.29) is 23.3 Å². The van der Waals surface area contributed by atoms with Crippen LogP contribution in [0.2, 0.25) is 0 Å². The van der Waals surface area contributed by atoms with Crippen LogP contribution in [0.4, 0.5) is 10.2 Å². The molecule has 2 atom stereocenters. The van der Waals surface area contributed by atoms with Crippen LogP contribution in [0.15, 0.2) is 30.5 Å². The van der Waals surface area contributed by atoms with E-state index in [2.05, 4.69) is 32.5 Å². The smallest absolute Gasteiger partial charge is 0.271 e. The molecule has 2 N–H and O–H groups in total.